The largest absolute Gasteiger partial charge is 0.351 e. The summed E-state index contributed by atoms with van der Waals surface area (Å²) in [5, 5.41) is 19.7. The van der Waals surface area contributed by atoms with E-state index in [1.54, 1.807) is 42.5 Å². The zero-order chi connectivity index (χ0) is 18.4. The van der Waals surface area contributed by atoms with E-state index in [-0.39, 0.29) is 17.5 Å². The van der Waals surface area contributed by atoms with Gasteiger partial charge in [0.1, 0.15) is 12.1 Å². The van der Waals surface area contributed by atoms with E-state index in [0.29, 0.717) is 23.0 Å². The van der Waals surface area contributed by atoms with E-state index in [1.807, 2.05) is 6.07 Å². The second kappa shape index (κ2) is 8.27. The van der Waals surface area contributed by atoms with Crippen molar-refractivity contribution in [3.8, 4) is 11.8 Å². The lowest BCUT2D eigenvalue weighted by Crippen LogP contribution is -2.24. The fourth-order valence-corrected chi connectivity index (χ4v) is 2.97. The smallest absolute Gasteiger partial charge is 0.230 e. The van der Waals surface area contributed by atoms with Gasteiger partial charge < -0.3 is 5.32 Å². The van der Waals surface area contributed by atoms with Crippen molar-refractivity contribution in [3.05, 3.63) is 71.8 Å². The van der Waals surface area contributed by atoms with Gasteiger partial charge in [-0.1, -0.05) is 36.0 Å². The zero-order valence-corrected chi connectivity index (χ0v) is 14.4. The number of rotatable bonds is 6. The van der Waals surface area contributed by atoms with Gasteiger partial charge in [-0.25, -0.2) is 4.39 Å². The van der Waals surface area contributed by atoms with Crippen molar-refractivity contribution >= 4 is 17.7 Å². The van der Waals surface area contributed by atoms with E-state index in [9.17, 15) is 9.18 Å². The van der Waals surface area contributed by atoms with E-state index in [2.05, 4.69) is 15.5 Å². The molecule has 0 aliphatic carbocycles. The summed E-state index contributed by atoms with van der Waals surface area (Å²) in [5.41, 5.74) is 1.80. The number of carbonyl (C=O) groups is 1. The molecule has 0 saturated carbocycles. The summed E-state index contributed by atoms with van der Waals surface area (Å²) in [7, 11) is 0. The number of aromatic nitrogens is 3. The molecule has 0 spiro atoms. The molecule has 0 fully saturated rings. The highest BCUT2D eigenvalue weighted by Gasteiger charge is 2.12. The Morgan fingerprint density at radius 2 is 2.00 bits per heavy atom. The van der Waals surface area contributed by atoms with Crippen LogP contribution < -0.4 is 5.32 Å². The van der Waals surface area contributed by atoms with E-state index in [1.165, 1.54) is 28.7 Å². The van der Waals surface area contributed by atoms with E-state index >= 15 is 0 Å². The second-order valence-electron chi connectivity index (χ2n) is 5.31. The number of thioether (sulfide) groups is 1. The van der Waals surface area contributed by atoms with Gasteiger partial charge >= 0.3 is 0 Å². The third kappa shape index (κ3) is 4.26. The molecule has 1 N–H and O–H groups in total. The number of nitrogens with zero attached hydrogens (tertiary/aromatic N) is 4. The maximum Gasteiger partial charge on any atom is 0.230 e. The average Bonchev–Trinajstić information content (AvgIpc) is 3.14. The summed E-state index contributed by atoms with van der Waals surface area (Å²) in [4.78, 5) is 12.0. The van der Waals surface area contributed by atoms with Crippen LogP contribution in [0.15, 0.2) is 60.0 Å². The Morgan fingerprint density at radius 3 is 2.73 bits per heavy atom. The first-order valence-corrected chi connectivity index (χ1v) is 8.69. The molecule has 0 bridgehead atoms. The van der Waals surface area contributed by atoms with Crippen LogP contribution in [0.2, 0.25) is 0 Å². The van der Waals surface area contributed by atoms with Crippen LogP contribution in [0.3, 0.4) is 0 Å². The number of benzene rings is 2. The van der Waals surface area contributed by atoms with Gasteiger partial charge in [0.05, 0.1) is 23.1 Å². The molecule has 130 valence electrons. The molecule has 1 heterocycles. The minimum absolute atomic E-state index is 0.128. The quantitative estimate of drug-likeness (QED) is 0.677. The SMILES string of the molecule is N#Cc1ccc(CNC(=O)CSc2nncn2-c2ccccc2F)cc1. The fraction of sp³-hybridized carbons (Fsp3) is 0.111. The molecular weight excluding hydrogens is 353 g/mol. The molecule has 3 rings (SSSR count). The van der Waals surface area contributed by atoms with E-state index < -0.39 is 0 Å². The van der Waals surface area contributed by atoms with Crippen LogP contribution in [0.1, 0.15) is 11.1 Å². The number of carbonyl (C=O) groups excluding carboxylic acids is 1. The first kappa shape index (κ1) is 17.6. The normalized spacial score (nSPS) is 10.3. The van der Waals surface area contributed by atoms with Crippen molar-refractivity contribution in [1.82, 2.24) is 20.1 Å². The predicted molar refractivity (Wildman–Crippen MR) is 95.0 cm³/mol. The standard InChI is InChI=1S/C18H14FN5OS/c19-15-3-1-2-4-16(15)24-12-22-23-18(24)26-11-17(25)21-10-14-7-5-13(9-20)6-8-14/h1-8,12H,10-11H2,(H,21,25). The van der Waals surface area contributed by atoms with Gasteiger partial charge in [0.15, 0.2) is 5.16 Å². The lowest BCUT2D eigenvalue weighted by Gasteiger charge is -2.08. The monoisotopic (exact) mass is 367 g/mol. The third-order valence-corrected chi connectivity index (χ3v) is 4.48. The van der Waals surface area contributed by atoms with Gasteiger partial charge in [0.25, 0.3) is 0 Å². The first-order valence-electron chi connectivity index (χ1n) is 7.71. The van der Waals surface area contributed by atoms with Crippen LogP contribution in [0.4, 0.5) is 4.39 Å². The topological polar surface area (TPSA) is 83.6 Å². The number of amides is 1. The molecule has 6 nitrogen and oxygen atoms in total. The van der Waals surface area contributed by atoms with Crippen molar-refractivity contribution in [2.45, 2.75) is 11.7 Å². The molecule has 8 heteroatoms. The lowest BCUT2D eigenvalue weighted by molar-refractivity contribution is -0.118. The molecule has 0 atom stereocenters. The summed E-state index contributed by atoms with van der Waals surface area (Å²) in [6.07, 6.45) is 1.41. The Hall–Kier alpha value is -3.18. The Labute approximate surface area is 153 Å². The van der Waals surface area contributed by atoms with Gasteiger partial charge in [-0.3, -0.25) is 9.36 Å². The van der Waals surface area contributed by atoms with Gasteiger partial charge in [0, 0.05) is 6.54 Å². The fourth-order valence-electron chi connectivity index (χ4n) is 2.21. The van der Waals surface area contributed by atoms with Crippen LogP contribution in [0, 0.1) is 17.1 Å². The van der Waals surface area contributed by atoms with Crippen molar-refractivity contribution in [2.75, 3.05) is 5.75 Å². The summed E-state index contributed by atoms with van der Waals surface area (Å²) < 4.78 is 15.4. The number of para-hydroxylation sites is 1. The van der Waals surface area contributed by atoms with Crippen molar-refractivity contribution in [1.29, 1.82) is 5.26 Å². The molecule has 26 heavy (non-hydrogen) atoms. The number of halogens is 1. The van der Waals surface area contributed by atoms with E-state index in [4.69, 9.17) is 5.26 Å². The molecule has 0 aliphatic heterocycles. The highest BCUT2D eigenvalue weighted by Crippen LogP contribution is 2.21. The minimum atomic E-state index is -0.389. The average molecular weight is 367 g/mol. The molecule has 1 amide bonds. The summed E-state index contributed by atoms with van der Waals surface area (Å²) in [6, 6.07) is 15.3. The van der Waals surface area contributed by atoms with Crippen LogP contribution >= 0.6 is 11.8 Å². The van der Waals surface area contributed by atoms with Crippen molar-refractivity contribution in [2.24, 2.45) is 0 Å². The Bertz CT molecular complexity index is 949. The number of hydrogen-bond acceptors (Lipinski definition) is 5. The molecule has 1 aromatic heterocycles. The molecule has 0 aliphatic rings. The molecule has 0 saturated heterocycles. The molecule has 2 aromatic carbocycles. The van der Waals surface area contributed by atoms with Crippen molar-refractivity contribution < 1.29 is 9.18 Å². The van der Waals surface area contributed by atoms with Crippen LogP contribution in [0.5, 0.6) is 0 Å². The molecular formula is C18H14FN5OS. The molecule has 0 radical (unpaired) electrons. The minimum Gasteiger partial charge on any atom is -0.351 e. The summed E-state index contributed by atoms with van der Waals surface area (Å²) in [5.74, 6) is -0.439. The van der Waals surface area contributed by atoms with Gasteiger partial charge in [0.2, 0.25) is 5.91 Å². The number of nitrogens with one attached hydrogen (secondary N) is 1. The molecule has 0 unspecified atom stereocenters. The molecule has 3 aromatic rings. The van der Waals surface area contributed by atoms with Gasteiger partial charge in [-0.15, -0.1) is 10.2 Å². The lowest BCUT2D eigenvalue weighted by atomic mass is 10.1. The van der Waals surface area contributed by atoms with Crippen LogP contribution in [-0.2, 0) is 11.3 Å². The zero-order valence-electron chi connectivity index (χ0n) is 13.6. The Kier molecular flexibility index (Phi) is 5.61. The van der Waals surface area contributed by atoms with Crippen LogP contribution in [0.25, 0.3) is 5.69 Å². The highest BCUT2D eigenvalue weighted by molar-refractivity contribution is 7.99. The third-order valence-electron chi connectivity index (χ3n) is 3.53. The maximum atomic E-state index is 13.9. The highest BCUT2D eigenvalue weighted by atomic mass is 32.2. The van der Waals surface area contributed by atoms with Gasteiger partial charge in [-0.05, 0) is 29.8 Å². The Balaban J connectivity index is 1.56. The van der Waals surface area contributed by atoms with Gasteiger partial charge in [-0.2, -0.15) is 5.26 Å². The van der Waals surface area contributed by atoms with E-state index in [0.717, 1.165) is 5.56 Å². The van der Waals surface area contributed by atoms with Crippen molar-refractivity contribution in [3.63, 3.8) is 0 Å². The van der Waals surface area contributed by atoms with Crippen LogP contribution in [-0.4, -0.2) is 26.4 Å². The second-order valence-corrected chi connectivity index (χ2v) is 6.25. The summed E-state index contributed by atoms with van der Waals surface area (Å²) in [6.45, 7) is 0.366. The summed E-state index contributed by atoms with van der Waals surface area (Å²) >= 11 is 1.17. The first-order chi connectivity index (χ1) is 12.7. The Morgan fingerprint density at radius 1 is 1.23 bits per heavy atom. The predicted octanol–water partition coefficient (Wildman–Crippen LogP) is 2.69. The maximum absolute atomic E-state index is 13.9. The number of hydrogen-bond donors (Lipinski definition) is 1. The number of nitriles is 1.